The molecule has 32 heavy (non-hydrogen) atoms. The Morgan fingerprint density at radius 1 is 1.06 bits per heavy atom. The molecule has 0 saturated carbocycles. The van der Waals surface area contributed by atoms with Gasteiger partial charge in [0.2, 0.25) is 5.91 Å². The van der Waals surface area contributed by atoms with Crippen molar-refractivity contribution in [2.45, 2.75) is 25.9 Å². The van der Waals surface area contributed by atoms with E-state index in [4.69, 9.17) is 9.47 Å². The average Bonchev–Trinajstić information content (AvgIpc) is 2.81. The molecule has 4 rings (SSSR count). The number of carbonyl (C=O) groups excluding carboxylic acids is 2. The van der Waals surface area contributed by atoms with Gasteiger partial charge in [-0.2, -0.15) is 0 Å². The van der Waals surface area contributed by atoms with Crippen LogP contribution in [-0.2, 0) is 9.53 Å². The molecule has 0 aliphatic carbocycles. The van der Waals surface area contributed by atoms with Crippen LogP contribution in [0, 0.1) is 18.7 Å². The fourth-order valence-electron chi connectivity index (χ4n) is 4.36. The predicted octanol–water partition coefficient (Wildman–Crippen LogP) is 3.29. The van der Waals surface area contributed by atoms with Gasteiger partial charge in [-0.15, -0.1) is 0 Å². The molecule has 2 saturated heterocycles. The number of rotatable bonds is 5. The zero-order chi connectivity index (χ0) is 22.5. The zero-order valence-corrected chi connectivity index (χ0v) is 18.3. The lowest BCUT2D eigenvalue weighted by Crippen LogP contribution is -2.50. The maximum Gasteiger partial charge on any atom is 0.253 e. The third kappa shape index (κ3) is 5.46. The molecule has 2 aromatic rings. The number of amides is 2. The van der Waals surface area contributed by atoms with E-state index < -0.39 is 0 Å². The summed E-state index contributed by atoms with van der Waals surface area (Å²) in [7, 11) is 0. The van der Waals surface area contributed by atoms with Crippen LogP contribution in [0.5, 0.6) is 5.75 Å². The van der Waals surface area contributed by atoms with Crippen LogP contribution in [0.3, 0.4) is 0 Å². The van der Waals surface area contributed by atoms with E-state index in [1.54, 1.807) is 12.1 Å². The van der Waals surface area contributed by atoms with Gasteiger partial charge in [-0.1, -0.05) is 17.7 Å². The highest BCUT2D eigenvalue weighted by Gasteiger charge is 2.36. The van der Waals surface area contributed by atoms with Crippen LogP contribution in [0.25, 0.3) is 0 Å². The van der Waals surface area contributed by atoms with Crippen molar-refractivity contribution >= 4 is 11.8 Å². The lowest BCUT2D eigenvalue weighted by atomic mass is 9.90. The molecule has 170 valence electrons. The Morgan fingerprint density at radius 3 is 2.53 bits per heavy atom. The first-order valence-electron chi connectivity index (χ1n) is 11.1. The molecule has 2 aromatic carbocycles. The molecular weight excluding hydrogens is 411 g/mol. The minimum Gasteiger partial charge on any atom is -0.490 e. The van der Waals surface area contributed by atoms with Crippen LogP contribution in [0.1, 0.15) is 28.8 Å². The van der Waals surface area contributed by atoms with E-state index in [0.29, 0.717) is 63.5 Å². The lowest BCUT2D eigenvalue weighted by molar-refractivity contribution is -0.137. The number of benzene rings is 2. The molecule has 2 amide bonds. The smallest absolute Gasteiger partial charge is 0.253 e. The Hall–Kier alpha value is -2.93. The first-order chi connectivity index (χ1) is 15.5. The summed E-state index contributed by atoms with van der Waals surface area (Å²) >= 11 is 0. The van der Waals surface area contributed by atoms with E-state index in [1.807, 2.05) is 41.0 Å². The highest BCUT2D eigenvalue weighted by atomic mass is 19.1. The monoisotopic (exact) mass is 440 g/mol. The minimum atomic E-state index is -0.324. The topological polar surface area (TPSA) is 59.1 Å². The van der Waals surface area contributed by atoms with E-state index in [2.05, 4.69) is 0 Å². The number of morpholine rings is 1. The number of nitrogens with zero attached hydrogens (tertiary/aromatic N) is 2. The second kappa shape index (κ2) is 10.1. The first kappa shape index (κ1) is 22.3. The molecule has 0 bridgehead atoms. The summed E-state index contributed by atoms with van der Waals surface area (Å²) in [6.07, 6.45) is 0.673. The quantitative estimate of drug-likeness (QED) is 0.716. The molecule has 0 spiro atoms. The van der Waals surface area contributed by atoms with Crippen molar-refractivity contribution in [2.75, 3.05) is 39.4 Å². The van der Waals surface area contributed by atoms with Gasteiger partial charge in [0.25, 0.3) is 5.91 Å². The molecule has 2 aliphatic rings. The third-order valence-corrected chi connectivity index (χ3v) is 6.12. The molecule has 7 heteroatoms. The first-order valence-corrected chi connectivity index (χ1v) is 11.1. The number of piperidine rings is 1. The molecule has 6 nitrogen and oxygen atoms in total. The molecular formula is C25H29FN2O4. The normalized spacial score (nSPS) is 21.3. The van der Waals surface area contributed by atoms with Gasteiger partial charge in [-0.25, -0.2) is 4.39 Å². The largest absolute Gasteiger partial charge is 0.490 e. The number of carbonyl (C=O) groups is 2. The summed E-state index contributed by atoms with van der Waals surface area (Å²) < 4.78 is 24.8. The summed E-state index contributed by atoms with van der Waals surface area (Å²) in [5.74, 6) is 0.111. The Bertz CT molecular complexity index is 943. The number of hydrogen-bond acceptors (Lipinski definition) is 4. The maximum atomic E-state index is 13.3. The summed E-state index contributed by atoms with van der Waals surface area (Å²) in [6.45, 7) is 5.20. The molecule has 0 unspecified atom stereocenters. The predicted molar refractivity (Wildman–Crippen MR) is 118 cm³/mol. The summed E-state index contributed by atoms with van der Waals surface area (Å²) in [5.41, 5.74) is 1.69. The van der Waals surface area contributed by atoms with Gasteiger partial charge in [0.05, 0.1) is 13.2 Å². The van der Waals surface area contributed by atoms with Crippen molar-refractivity contribution in [1.29, 1.82) is 0 Å². The van der Waals surface area contributed by atoms with E-state index in [1.165, 1.54) is 12.1 Å². The summed E-state index contributed by atoms with van der Waals surface area (Å²) in [5, 5.41) is 0. The van der Waals surface area contributed by atoms with E-state index in [0.717, 1.165) is 5.56 Å². The highest BCUT2D eigenvalue weighted by Crippen LogP contribution is 2.28. The van der Waals surface area contributed by atoms with Crippen molar-refractivity contribution in [1.82, 2.24) is 9.80 Å². The minimum absolute atomic E-state index is 0.0299. The second-order valence-corrected chi connectivity index (χ2v) is 8.48. The van der Waals surface area contributed by atoms with Gasteiger partial charge < -0.3 is 19.3 Å². The lowest BCUT2D eigenvalue weighted by Gasteiger charge is -2.39. The molecule has 2 aliphatic heterocycles. The van der Waals surface area contributed by atoms with Crippen LogP contribution in [0.4, 0.5) is 4.39 Å². The Labute approximate surface area is 187 Å². The zero-order valence-electron chi connectivity index (χ0n) is 18.3. The van der Waals surface area contributed by atoms with Crippen LogP contribution in [-0.4, -0.2) is 67.1 Å². The van der Waals surface area contributed by atoms with Crippen LogP contribution in [0.15, 0.2) is 48.5 Å². The number of ether oxygens (including phenoxy) is 2. The summed E-state index contributed by atoms with van der Waals surface area (Å²) in [4.78, 5) is 29.7. The Kier molecular flexibility index (Phi) is 7.05. The van der Waals surface area contributed by atoms with E-state index in [9.17, 15) is 14.0 Å². The van der Waals surface area contributed by atoms with Crippen molar-refractivity contribution in [3.05, 3.63) is 65.5 Å². The van der Waals surface area contributed by atoms with Gasteiger partial charge in [0, 0.05) is 50.5 Å². The van der Waals surface area contributed by atoms with Crippen molar-refractivity contribution < 1.29 is 23.5 Å². The van der Waals surface area contributed by atoms with Gasteiger partial charge in [-0.3, -0.25) is 9.59 Å². The van der Waals surface area contributed by atoms with Gasteiger partial charge in [-0.05, 0) is 43.3 Å². The van der Waals surface area contributed by atoms with Crippen molar-refractivity contribution in [3.8, 4) is 5.75 Å². The van der Waals surface area contributed by atoms with E-state index >= 15 is 0 Å². The van der Waals surface area contributed by atoms with Crippen molar-refractivity contribution in [3.63, 3.8) is 0 Å². The average molecular weight is 441 g/mol. The number of likely N-dealkylation sites (tertiary alicyclic amines) is 1. The molecule has 0 N–H and O–H groups in total. The number of hydrogen-bond donors (Lipinski definition) is 0. The Morgan fingerprint density at radius 2 is 1.81 bits per heavy atom. The molecule has 2 fully saturated rings. The third-order valence-electron chi connectivity index (χ3n) is 6.12. The van der Waals surface area contributed by atoms with Gasteiger partial charge >= 0.3 is 0 Å². The molecule has 0 aromatic heterocycles. The van der Waals surface area contributed by atoms with E-state index in [-0.39, 0.29) is 29.7 Å². The fourth-order valence-corrected chi connectivity index (χ4v) is 4.36. The number of halogens is 1. The fraction of sp³-hybridized carbons (Fsp3) is 0.440. The van der Waals surface area contributed by atoms with Crippen molar-refractivity contribution in [2.24, 2.45) is 5.92 Å². The van der Waals surface area contributed by atoms with Gasteiger partial charge in [0.1, 0.15) is 17.7 Å². The number of aryl methyl sites for hydroxylation is 1. The van der Waals surface area contributed by atoms with Crippen LogP contribution in [0.2, 0.25) is 0 Å². The standard InChI is InChI=1S/C25H29FN2O4/c1-18-3-2-4-19(15-18)25(30)28-10-9-23(32-22-7-5-21(26)6-8-22)20(17-28)16-24(29)27-11-13-31-14-12-27/h2-8,15,20,23H,9-14,16-17H2,1H3/t20-,23-/m0/s1. The highest BCUT2D eigenvalue weighted by molar-refractivity contribution is 5.94. The second-order valence-electron chi connectivity index (χ2n) is 8.48. The molecule has 0 radical (unpaired) electrons. The summed E-state index contributed by atoms with van der Waals surface area (Å²) in [6, 6.07) is 13.5. The van der Waals surface area contributed by atoms with Crippen LogP contribution >= 0.6 is 0 Å². The van der Waals surface area contributed by atoms with Gasteiger partial charge in [0.15, 0.2) is 0 Å². The van der Waals surface area contributed by atoms with Crippen LogP contribution < -0.4 is 4.74 Å². The molecule has 2 heterocycles. The molecule has 2 atom stereocenters. The Balaban J connectivity index is 1.49. The maximum absolute atomic E-state index is 13.3. The SMILES string of the molecule is Cc1cccc(C(=O)N2CC[C@H](Oc3ccc(F)cc3)[C@@H](CC(=O)N3CCOCC3)C2)c1.